The first-order valence-corrected chi connectivity index (χ1v) is 10.2. The van der Waals surface area contributed by atoms with Crippen molar-refractivity contribution in [3.63, 3.8) is 0 Å². The molecule has 0 N–H and O–H groups in total. The van der Waals surface area contributed by atoms with Crippen molar-refractivity contribution in [2.24, 2.45) is 0 Å². The Morgan fingerprint density at radius 3 is 2.15 bits per heavy atom. The molecule has 9 heteroatoms. The van der Waals surface area contributed by atoms with Gasteiger partial charge < -0.3 is 4.74 Å². The van der Waals surface area contributed by atoms with Crippen LogP contribution in [0.1, 0.15) is 28.7 Å². The van der Waals surface area contributed by atoms with E-state index in [1.807, 2.05) is 11.0 Å². The fourth-order valence-corrected chi connectivity index (χ4v) is 3.36. The lowest BCUT2D eigenvalue weighted by atomic mass is 10.1. The summed E-state index contributed by atoms with van der Waals surface area (Å²) >= 11 is 0. The molecule has 0 fully saturated rings. The molecular weight excluding hydrogens is 446 g/mol. The van der Waals surface area contributed by atoms with Crippen LogP contribution >= 0.6 is 0 Å². The van der Waals surface area contributed by atoms with Crippen molar-refractivity contribution in [1.29, 1.82) is 0 Å². The maximum Gasteiger partial charge on any atom is 0.416 e. The Hall–Kier alpha value is -3.07. The summed E-state index contributed by atoms with van der Waals surface area (Å²) < 4.78 is 83.7. The number of alkyl halides is 6. The molecule has 3 rings (SSSR count). The first-order chi connectivity index (χ1) is 15.6. The van der Waals surface area contributed by atoms with Gasteiger partial charge in [0.2, 0.25) is 0 Å². The van der Waals surface area contributed by atoms with Crippen LogP contribution in [0.4, 0.5) is 26.3 Å². The molecule has 0 saturated heterocycles. The van der Waals surface area contributed by atoms with Crippen molar-refractivity contribution < 1.29 is 31.1 Å². The number of hydrogen-bond acceptors (Lipinski definition) is 3. The topological polar surface area (TPSA) is 25.4 Å². The highest BCUT2D eigenvalue weighted by atomic mass is 19.4. The van der Waals surface area contributed by atoms with E-state index in [1.54, 1.807) is 24.5 Å². The molecule has 0 atom stereocenters. The molecule has 0 radical (unpaired) electrons. The predicted octanol–water partition coefficient (Wildman–Crippen LogP) is 6.59. The molecule has 1 aromatic heterocycles. The lowest BCUT2D eigenvalue weighted by molar-refractivity contribution is -0.139. The average molecular weight is 468 g/mol. The van der Waals surface area contributed by atoms with Crippen LogP contribution in [-0.4, -0.2) is 23.0 Å². The zero-order chi connectivity index (χ0) is 23.9. The van der Waals surface area contributed by atoms with E-state index in [9.17, 15) is 26.3 Å². The molecule has 1 heterocycles. The number of hydrogen-bond donors (Lipinski definition) is 0. The van der Waals surface area contributed by atoms with Crippen LogP contribution in [0.2, 0.25) is 0 Å². The van der Waals surface area contributed by atoms with Gasteiger partial charge in [0, 0.05) is 32.0 Å². The second kappa shape index (κ2) is 10.7. The van der Waals surface area contributed by atoms with E-state index < -0.39 is 23.5 Å². The number of rotatable bonds is 9. The van der Waals surface area contributed by atoms with Crippen LogP contribution in [0.15, 0.2) is 73.1 Å². The number of aromatic nitrogens is 1. The summed E-state index contributed by atoms with van der Waals surface area (Å²) in [6.45, 7) is 1.09. The molecule has 0 bridgehead atoms. The Morgan fingerprint density at radius 1 is 0.788 bits per heavy atom. The van der Waals surface area contributed by atoms with Crippen LogP contribution < -0.4 is 4.74 Å². The van der Waals surface area contributed by atoms with E-state index in [1.165, 1.54) is 24.3 Å². The van der Waals surface area contributed by atoms with Gasteiger partial charge in [-0.1, -0.05) is 24.3 Å². The number of ether oxygens (including phenoxy) is 1. The Labute approximate surface area is 187 Å². The highest BCUT2D eigenvalue weighted by molar-refractivity contribution is 5.30. The van der Waals surface area contributed by atoms with E-state index >= 15 is 0 Å². The predicted molar refractivity (Wildman–Crippen MR) is 111 cm³/mol. The Bertz CT molecular complexity index is 1000. The van der Waals surface area contributed by atoms with E-state index in [2.05, 4.69) is 4.98 Å². The second-order valence-corrected chi connectivity index (χ2v) is 7.45. The maximum absolute atomic E-state index is 13.4. The summed E-state index contributed by atoms with van der Waals surface area (Å²) in [6, 6.07) is 13.4. The monoisotopic (exact) mass is 468 g/mol. The fourth-order valence-electron chi connectivity index (χ4n) is 3.36. The van der Waals surface area contributed by atoms with Gasteiger partial charge in [-0.05, 0) is 53.9 Å². The van der Waals surface area contributed by atoms with Crippen molar-refractivity contribution in [3.05, 3.63) is 95.3 Å². The molecule has 2 aromatic carbocycles. The molecule has 0 aliphatic heterocycles. The molecule has 0 unspecified atom stereocenters. The zero-order valence-electron chi connectivity index (χ0n) is 17.5. The summed E-state index contributed by atoms with van der Waals surface area (Å²) in [5.41, 5.74) is -0.425. The molecule has 0 saturated carbocycles. The van der Waals surface area contributed by atoms with Crippen molar-refractivity contribution in [3.8, 4) is 5.75 Å². The molecule has 3 nitrogen and oxygen atoms in total. The minimum Gasteiger partial charge on any atom is -0.494 e. The molecule has 3 aromatic rings. The van der Waals surface area contributed by atoms with Crippen LogP contribution in [0, 0.1) is 0 Å². The third-order valence-corrected chi connectivity index (χ3v) is 4.91. The van der Waals surface area contributed by atoms with Gasteiger partial charge in [-0.15, -0.1) is 0 Å². The Kier molecular flexibility index (Phi) is 7.97. The first kappa shape index (κ1) is 24.6. The lowest BCUT2D eigenvalue weighted by Crippen LogP contribution is -2.26. The molecule has 33 heavy (non-hydrogen) atoms. The molecule has 176 valence electrons. The minimum absolute atomic E-state index is 0.0743. The third kappa shape index (κ3) is 7.49. The van der Waals surface area contributed by atoms with Gasteiger partial charge >= 0.3 is 12.4 Å². The van der Waals surface area contributed by atoms with E-state index in [-0.39, 0.29) is 18.7 Å². The van der Waals surface area contributed by atoms with Crippen molar-refractivity contribution in [1.82, 2.24) is 9.88 Å². The van der Waals surface area contributed by atoms with Crippen LogP contribution in [-0.2, 0) is 25.4 Å². The van der Waals surface area contributed by atoms with Gasteiger partial charge in [0.15, 0.2) is 0 Å². The number of pyridine rings is 1. The normalized spacial score (nSPS) is 12.2. The summed E-state index contributed by atoms with van der Waals surface area (Å²) in [7, 11) is 0. The van der Waals surface area contributed by atoms with Gasteiger partial charge in [0.1, 0.15) is 5.75 Å². The Morgan fingerprint density at radius 2 is 1.52 bits per heavy atom. The minimum atomic E-state index is -4.46. The van der Waals surface area contributed by atoms with Crippen LogP contribution in [0.25, 0.3) is 0 Å². The number of benzene rings is 2. The van der Waals surface area contributed by atoms with E-state index in [0.29, 0.717) is 25.3 Å². The molecule has 0 spiro atoms. The van der Waals surface area contributed by atoms with Gasteiger partial charge in [-0.2, -0.15) is 26.3 Å². The summed E-state index contributed by atoms with van der Waals surface area (Å²) in [5.74, 6) is 0.296. The smallest absolute Gasteiger partial charge is 0.416 e. The standard InChI is InChI=1S/C24H22F6N2O/c25-23(26,27)20-8-10-21(11-9-20)33-14-4-13-32(16-18-5-3-12-31-15-18)17-19-6-1-2-7-22(19)24(28,29)30/h1-3,5-12,15H,4,13-14,16-17H2. The summed E-state index contributed by atoms with van der Waals surface area (Å²) in [6.07, 6.45) is -5.14. The van der Waals surface area contributed by atoms with Gasteiger partial charge in [-0.3, -0.25) is 9.88 Å². The maximum atomic E-state index is 13.4. The van der Waals surface area contributed by atoms with E-state index in [4.69, 9.17) is 4.74 Å². The fraction of sp³-hybridized carbons (Fsp3) is 0.292. The number of nitrogens with zero attached hydrogens (tertiary/aromatic N) is 2. The van der Waals surface area contributed by atoms with Crippen molar-refractivity contribution >= 4 is 0 Å². The molecule has 0 aliphatic carbocycles. The summed E-state index contributed by atoms with van der Waals surface area (Å²) in [4.78, 5) is 5.91. The largest absolute Gasteiger partial charge is 0.494 e. The number of halogens is 6. The van der Waals surface area contributed by atoms with Gasteiger partial charge in [0.25, 0.3) is 0 Å². The summed E-state index contributed by atoms with van der Waals surface area (Å²) in [5, 5.41) is 0. The van der Waals surface area contributed by atoms with E-state index in [0.717, 1.165) is 23.8 Å². The van der Waals surface area contributed by atoms with Gasteiger partial charge in [-0.25, -0.2) is 0 Å². The first-order valence-electron chi connectivity index (χ1n) is 10.2. The zero-order valence-corrected chi connectivity index (χ0v) is 17.5. The average Bonchev–Trinajstić information content (AvgIpc) is 2.77. The van der Waals surface area contributed by atoms with Crippen LogP contribution in [0.3, 0.4) is 0 Å². The molecular formula is C24H22F6N2O. The highest BCUT2D eigenvalue weighted by Crippen LogP contribution is 2.33. The Balaban J connectivity index is 1.63. The quantitative estimate of drug-likeness (QED) is 0.262. The van der Waals surface area contributed by atoms with Crippen LogP contribution in [0.5, 0.6) is 5.75 Å². The molecule has 0 amide bonds. The second-order valence-electron chi connectivity index (χ2n) is 7.45. The lowest BCUT2D eigenvalue weighted by Gasteiger charge is -2.24. The molecule has 0 aliphatic rings. The van der Waals surface area contributed by atoms with Crippen molar-refractivity contribution in [2.75, 3.05) is 13.2 Å². The third-order valence-electron chi connectivity index (χ3n) is 4.91. The SMILES string of the molecule is FC(F)(F)c1ccc(OCCCN(Cc2cccnc2)Cc2ccccc2C(F)(F)F)cc1. The van der Waals surface area contributed by atoms with Gasteiger partial charge in [0.05, 0.1) is 17.7 Å². The highest BCUT2D eigenvalue weighted by Gasteiger charge is 2.33. The van der Waals surface area contributed by atoms with Crippen molar-refractivity contribution in [2.45, 2.75) is 31.9 Å².